The largest absolute Gasteiger partial charge is 3.00 e. The fourth-order valence-corrected chi connectivity index (χ4v) is 0. The average Bonchev–Trinajstić information content (AvgIpc) is 0.722. The molecule has 0 aromatic carbocycles. The van der Waals surface area contributed by atoms with Crippen molar-refractivity contribution in [2.75, 3.05) is 0 Å². The van der Waals surface area contributed by atoms with Gasteiger partial charge in [-0.2, -0.15) is 0 Å². The van der Waals surface area contributed by atoms with Gasteiger partial charge in [0.15, 0.2) is 0 Å². The van der Waals surface area contributed by atoms with Gasteiger partial charge in [0, 0.05) is 10.4 Å². The topological polar surface area (TPSA) is 80.3 Å². The van der Waals surface area contributed by atoms with Crippen molar-refractivity contribution in [1.29, 1.82) is 0 Å². The van der Waals surface area contributed by atoms with Gasteiger partial charge in [0.25, 0.3) is 0 Å². The number of hydrogen-bond acceptors (Lipinski definition) is 4. The molecule has 0 N–H and O–H groups in total. The average molecular weight is 385 g/mol. The van der Waals surface area contributed by atoms with E-state index in [-0.39, 0.29) is 98.3 Å². The van der Waals surface area contributed by atoms with Crippen molar-refractivity contribution in [3.8, 4) is 0 Å². The molecule has 7 heavy (non-hydrogen) atoms. The molecule has 0 radical (unpaired) electrons. The van der Waals surface area contributed by atoms with Gasteiger partial charge in [-0.3, -0.25) is 8.42 Å². The van der Waals surface area contributed by atoms with E-state index in [1.807, 2.05) is 0 Å². The van der Waals surface area contributed by atoms with Crippen molar-refractivity contribution in [1.82, 2.24) is 0 Å². The van der Waals surface area contributed by atoms with E-state index in [4.69, 9.17) is 17.5 Å². The summed E-state index contributed by atoms with van der Waals surface area (Å²) >= 11 is 0. The van der Waals surface area contributed by atoms with Crippen LogP contribution in [0.4, 0.5) is 0 Å². The molecule has 0 fully saturated rings. The molecule has 0 saturated heterocycles. The molecular weight excluding hydrogens is 385 g/mol. The fraction of sp³-hybridized carbons (Fsp3) is 0. The van der Waals surface area contributed by atoms with E-state index in [1.165, 1.54) is 0 Å². The molecular formula is BaEuO4S+3. The Morgan fingerprint density at radius 2 is 1.14 bits per heavy atom. The van der Waals surface area contributed by atoms with Gasteiger partial charge in [0.05, 0.1) is 0 Å². The summed E-state index contributed by atoms with van der Waals surface area (Å²) in [6.07, 6.45) is 0. The SMILES string of the molecule is O=S(=O)([O-])[O-].[Ba+2].[Eu+3]. The summed E-state index contributed by atoms with van der Waals surface area (Å²) in [5.41, 5.74) is 0. The van der Waals surface area contributed by atoms with Crippen molar-refractivity contribution in [3.05, 3.63) is 0 Å². The van der Waals surface area contributed by atoms with Crippen LogP contribution in [0.15, 0.2) is 0 Å². The van der Waals surface area contributed by atoms with E-state index in [0.717, 1.165) is 0 Å². The van der Waals surface area contributed by atoms with Gasteiger partial charge in [0.1, 0.15) is 0 Å². The zero-order chi connectivity index (χ0) is 4.50. The van der Waals surface area contributed by atoms with E-state index < -0.39 is 10.4 Å². The van der Waals surface area contributed by atoms with Crippen LogP contribution in [-0.2, 0) is 10.4 Å². The van der Waals surface area contributed by atoms with Gasteiger partial charge in [-0.1, -0.05) is 0 Å². The van der Waals surface area contributed by atoms with Crippen molar-refractivity contribution in [2.45, 2.75) is 0 Å². The zero-order valence-corrected chi connectivity index (χ0v) is 10.8. The van der Waals surface area contributed by atoms with Gasteiger partial charge in [-0.25, -0.2) is 0 Å². The third-order valence-corrected chi connectivity index (χ3v) is 0. The van der Waals surface area contributed by atoms with E-state index >= 15 is 0 Å². The van der Waals surface area contributed by atoms with Gasteiger partial charge >= 0.3 is 98.3 Å². The third-order valence-electron chi connectivity index (χ3n) is 0. The maximum atomic E-state index is 8.52. The normalized spacial score (nSPS) is 8.29. The second-order valence-corrected chi connectivity index (χ2v) is 1.22. The van der Waals surface area contributed by atoms with Crippen LogP contribution in [-0.4, -0.2) is 66.4 Å². The maximum Gasteiger partial charge on any atom is 3.00 e. The predicted molar refractivity (Wildman–Crippen MR) is 16.2 cm³/mol. The van der Waals surface area contributed by atoms with Crippen LogP contribution in [0.25, 0.3) is 0 Å². The molecule has 0 unspecified atom stereocenters. The second kappa shape index (κ2) is 7.14. The standard InChI is InChI=1S/Ba.Eu.H2O4S/c;;1-5(2,3)4/h;;(H2,1,2,3,4)/q+2;+3;/p-2. The van der Waals surface area contributed by atoms with Crippen molar-refractivity contribution in [2.24, 2.45) is 0 Å². The molecule has 0 aliphatic rings. The summed E-state index contributed by atoms with van der Waals surface area (Å²) in [5, 5.41) is 0. The first kappa shape index (κ1) is 16.5. The number of rotatable bonds is 0. The van der Waals surface area contributed by atoms with Crippen LogP contribution >= 0.6 is 0 Å². The van der Waals surface area contributed by atoms with Crippen LogP contribution in [0.1, 0.15) is 0 Å². The van der Waals surface area contributed by atoms with Crippen molar-refractivity contribution >= 4 is 59.3 Å². The van der Waals surface area contributed by atoms with Gasteiger partial charge in [-0.05, 0) is 0 Å². The Kier molecular flexibility index (Phi) is 16.9. The van der Waals surface area contributed by atoms with E-state index in [0.29, 0.717) is 0 Å². The van der Waals surface area contributed by atoms with Crippen LogP contribution in [0.3, 0.4) is 0 Å². The van der Waals surface area contributed by atoms with Crippen molar-refractivity contribution < 1.29 is 66.9 Å². The van der Waals surface area contributed by atoms with Crippen LogP contribution in [0, 0.1) is 49.4 Å². The molecule has 0 aromatic heterocycles. The van der Waals surface area contributed by atoms with Gasteiger partial charge in [0.2, 0.25) is 0 Å². The van der Waals surface area contributed by atoms with E-state index in [9.17, 15) is 0 Å². The molecule has 0 aliphatic carbocycles. The van der Waals surface area contributed by atoms with Crippen LogP contribution in [0.2, 0.25) is 0 Å². The third kappa shape index (κ3) is 48.7. The molecule has 0 atom stereocenters. The Balaban J connectivity index is -0.0000000800. The Hall–Kier alpha value is 3.03. The minimum atomic E-state index is -5.17. The van der Waals surface area contributed by atoms with Crippen LogP contribution in [0.5, 0.6) is 0 Å². The quantitative estimate of drug-likeness (QED) is 0.282. The summed E-state index contributed by atoms with van der Waals surface area (Å²) in [4.78, 5) is 0. The molecule has 0 spiro atoms. The molecule has 7 heteroatoms. The molecule has 0 amide bonds. The molecule has 0 aliphatic heterocycles. The molecule has 4 nitrogen and oxygen atoms in total. The first-order chi connectivity index (χ1) is 2.00. The molecule has 0 saturated carbocycles. The van der Waals surface area contributed by atoms with Crippen LogP contribution < -0.4 is 0 Å². The molecule has 0 rings (SSSR count). The minimum absolute atomic E-state index is 0. The molecule has 0 bridgehead atoms. The summed E-state index contributed by atoms with van der Waals surface area (Å²) in [5.74, 6) is 0. The van der Waals surface area contributed by atoms with E-state index in [2.05, 4.69) is 0 Å². The Morgan fingerprint density at radius 1 is 1.14 bits per heavy atom. The smallest absolute Gasteiger partial charge is 0.759 e. The summed E-state index contributed by atoms with van der Waals surface area (Å²) in [7, 11) is -5.17. The second-order valence-electron chi connectivity index (χ2n) is 0.408. The van der Waals surface area contributed by atoms with Crippen molar-refractivity contribution in [3.63, 3.8) is 0 Å². The minimum Gasteiger partial charge on any atom is -0.759 e. The number of hydrogen-bond donors (Lipinski definition) is 0. The predicted octanol–water partition coefficient (Wildman–Crippen LogP) is -1.72. The molecule has 0 heterocycles. The monoisotopic (exact) mass is 387 g/mol. The van der Waals surface area contributed by atoms with Gasteiger partial charge in [-0.15, -0.1) is 0 Å². The molecule has 36 valence electrons. The summed E-state index contributed by atoms with van der Waals surface area (Å²) in [6.45, 7) is 0. The first-order valence-electron chi connectivity index (χ1n) is 0.667. The van der Waals surface area contributed by atoms with Gasteiger partial charge < -0.3 is 9.11 Å². The Morgan fingerprint density at radius 3 is 1.14 bits per heavy atom. The summed E-state index contributed by atoms with van der Waals surface area (Å²) < 4.78 is 34.1. The Bertz CT molecular complexity index is 94.9. The first-order valence-corrected chi connectivity index (χ1v) is 2.00. The molecule has 0 aromatic rings. The zero-order valence-electron chi connectivity index (χ0n) is 3.13. The summed E-state index contributed by atoms with van der Waals surface area (Å²) in [6, 6.07) is 0. The fourth-order valence-electron chi connectivity index (χ4n) is 0. The Labute approximate surface area is 123 Å². The van der Waals surface area contributed by atoms with E-state index in [1.54, 1.807) is 0 Å². The maximum absolute atomic E-state index is 8.52.